The highest BCUT2D eigenvalue weighted by atomic mass is 16.4. The number of carbonyl (C=O) groups is 2. The van der Waals surface area contributed by atoms with Crippen molar-refractivity contribution in [3.05, 3.63) is 71.3 Å². The van der Waals surface area contributed by atoms with Crippen molar-refractivity contribution >= 4 is 11.9 Å². The highest BCUT2D eigenvalue weighted by Crippen LogP contribution is 2.14. The van der Waals surface area contributed by atoms with E-state index in [-0.39, 0.29) is 17.0 Å². The summed E-state index contributed by atoms with van der Waals surface area (Å²) in [4.78, 5) is 25.4. The van der Waals surface area contributed by atoms with Crippen LogP contribution in [0.25, 0.3) is 0 Å². The third-order valence-electron chi connectivity index (χ3n) is 3.27. The minimum atomic E-state index is -1.09. The Hall–Kier alpha value is -2.62. The first-order chi connectivity index (χ1) is 10.1. The van der Waals surface area contributed by atoms with Crippen molar-refractivity contribution in [3.63, 3.8) is 0 Å². The summed E-state index contributed by atoms with van der Waals surface area (Å²) in [5.41, 5.74) is 1.28. The van der Waals surface area contributed by atoms with E-state index in [1.165, 1.54) is 6.07 Å². The monoisotopic (exact) mass is 283 g/mol. The Morgan fingerprint density at radius 3 is 2.10 bits per heavy atom. The molecule has 1 N–H and O–H groups in total. The zero-order valence-corrected chi connectivity index (χ0v) is 11.8. The fraction of sp³-hybridized carbons (Fsp3) is 0.176. The molecule has 2 aromatic carbocycles. The molecule has 0 saturated heterocycles. The molecule has 0 fully saturated rings. The lowest BCUT2D eigenvalue weighted by Crippen LogP contribution is -2.31. The van der Waals surface area contributed by atoms with Crippen molar-refractivity contribution < 1.29 is 14.7 Å². The molecule has 0 unspecified atom stereocenters. The molecule has 0 aliphatic carbocycles. The van der Waals surface area contributed by atoms with Crippen LogP contribution in [-0.4, -0.2) is 28.4 Å². The van der Waals surface area contributed by atoms with Gasteiger partial charge in [-0.15, -0.1) is 0 Å². The lowest BCUT2D eigenvalue weighted by molar-refractivity contribution is 0.0674. The lowest BCUT2D eigenvalue weighted by Gasteiger charge is -2.21. The molecule has 4 heteroatoms. The average molecular weight is 283 g/mol. The number of amides is 1. The van der Waals surface area contributed by atoms with Gasteiger partial charge in [-0.3, -0.25) is 4.79 Å². The standard InChI is InChI=1S/C17H17NO3/c1-2-18(12-13-8-4-3-5-9-13)16(19)14-10-6-7-11-15(14)17(20)21/h3-11H,2,12H2,1H3,(H,20,21). The number of aromatic carboxylic acids is 1. The molecular formula is C17H17NO3. The number of carbonyl (C=O) groups excluding carboxylic acids is 1. The second-order valence-electron chi connectivity index (χ2n) is 4.66. The van der Waals surface area contributed by atoms with Gasteiger partial charge in [0.05, 0.1) is 11.1 Å². The number of hydrogen-bond acceptors (Lipinski definition) is 2. The van der Waals surface area contributed by atoms with E-state index in [4.69, 9.17) is 0 Å². The Morgan fingerprint density at radius 1 is 0.952 bits per heavy atom. The summed E-state index contributed by atoms with van der Waals surface area (Å²) in [6, 6.07) is 15.9. The minimum absolute atomic E-state index is 0.0361. The van der Waals surface area contributed by atoms with Gasteiger partial charge < -0.3 is 10.0 Å². The van der Waals surface area contributed by atoms with Crippen molar-refractivity contribution in [1.29, 1.82) is 0 Å². The topological polar surface area (TPSA) is 57.6 Å². The summed E-state index contributed by atoms with van der Waals surface area (Å²) < 4.78 is 0. The van der Waals surface area contributed by atoms with Gasteiger partial charge in [0, 0.05) is 13.1 Å². The average Bonchev–Trinajstić information content (AvgIpc) is 2.53. The van der Waals surface area contributed by atoms with Crippen LogP contribution < -0.4 is 0 Å². The number of benzene rings is 2. The van der Waals surface area contributed by atoms with Crippen LogP contribution in [0.15, 0.2) is 54.6 Å². The van der Waals surface area contributed by atoms with Crippen LogP contribution in [0.1, 0.15) is 33.2 Å². The molecule has 0 radical (unpaired) electrons. The number of hydrogen-bond donors (Lipinski definition) is 1. The van der Waals surface area contributed by atoms with Gasteiger partial charge in [-0.05, 0) is 24.6 Å². The summed E-state index contributed by atoms with van der Waals surface area (Å²) >= 11 is 0. The predicted molar refractivity (Wildman–Crippen MR) is 80.3 cm³/mol. The number of carboxylic acids is 1. The van der Waals surface area contributed by atoms with Crippen LogP contribution in [0.3, 0.4) is 0 Å². The van der Waals surface area contributed by atoms with E-state index in [2.05, 4.69) is 0 Å². The molecule has 0 aliphatic rings. The first-order valence-electron chi connectivity index (χ1n) is 6.79. The van der Waals surface area contributed by atoms with E-state index in [9.17, 15) is 14.7 Å². The largest absolute Gasteiger partial charge is 0.478 e. The van der Waals surface area contributed by atoms with Gasteiger partial charge in [0.15, 0.2) is 0 Å². The second kappa shape index (κ2) is 6.70. The molecule has 2 aromatic rings. The maximum absolute atomic E-state index is 12.6. The van der Waals surface area contributed by atoms with E-state index in [0.717, 1.165) is 5.56 Å². The van der Waals surface area contributed by atoms with Crippen LogP contribution in [0.4, 0.5) is 0 Å². The van der Waals surface area contributed by atoms with Gasteiger partial charge in [-0.1, -0.05) is 42.5 Å². The van der Waals surface area contributed by atoms with Crippen LogP contribution in [0.2, 0.25) is 0 Å². The van der Waals surface area contributed by atoms with Crippen LogP contribution in [0, 0.1) is 0 Å². The Balaban J connectivity index is 2.27. The van der Waals surface area contributed by atoms with Crippen molar-refractivity contribution in [3.8, 4) is 0 Å². The summed E-state index contributed by atoms with van der Waals surface area (Å²) in [7, 11) is 0. The molecule has 0 spiro atoms. The maximum atomic E-state index is 12.6. The second-order valence-corrected chi connectivity index (χ2v) is 4.66. The van der Waals surface area contributed by atoms with E-state index < -0.39 is 5.97 Å². The lowest BCUT2D eigenvalue weighted by atomic mass is 10.1. The SMILES string of the molecule is CCN(Cc1ccccc1)C(=O)c1ccccc1C(=O)O. The minimum Gasteiger partial charge on any atom is -0.478 e. The Labute approximate surface area is 123 Å². The van der Waals surface area contributed by atoms with Gasteiger partial charge in [-0.2, -0.15) is 0 Å². The van der Waals surface area contributed by atoms with Crippen LogP contribution >= 0.6 is 0 Å². The van der Waals surface area contributed by atoms with Crippen molar-refractivity contribution in [2.45, 2.75) is 13.5 Å². The van der Waals surface area contributed by atoms with E-state index in [1.807, 2.05) is 37.3 Å². The first kappa shape index (κ1) is 14.8. The zero-order chi connectivity index (χ0) is 15.2. The van der Waals surface area contributed by atoms with Crippen molar-refractivity contribution in [2.75, 3.05) is 6.54 Å². The van der Waals surface area contributed by atoms with Gasteiger partial charge in [-0.25, -0.2) is 4.79 Å². The van der Waals surface area contributed by atoms with E-state index in [0.29, 0.717) is 13.1 Å². The molecule has 21 heavy (non-hydrogen) atoms. The summed E-state index contributed by atoms with van der Waals surface area (Å²) in [6.07, 6.45) is 0. The summed E-state index contributed by atoms with van der Waals surface area (Å²) in [5, 5.41) is 9.19. The fourth-order valence-corrected chi connectivity index (χ4v) is 2.16. The third kappa shape index (κ3) is 3.48. The van der Waals surface area contributed by atoms with Gasteiger partial charge in [0.25, 0.3) is 5.91 Å². The third-order valence-corrected chi connectivity index (χ3v) is 3.27. The molecule has 108 valence electrons. The maximum Gasteiger partial charge on any atom is 0.336 e. The van der Waals surface area contributed by atoms with E-state index >= 15 is 0 Å². The van der Waals surface area contributed by atoms with Gasteiger partial charge in [0.2, 0.25) is 0 Å². The number of nitrogens with zero attached hydrogens (tertiary/aromatic N) is 1. The molecule has 0 aromatic heterocycles. The van der Waals surface area contributed by atoms with Gasteiger partial charge in [0.1, 0.15) is 0 Å². The molecule has 0 bridgehead atoms. The van der Waals surface area contributed by atoms with Crippen LogP contribution in [0.5, 0.6) is 0 Å². The molecular weight excluding hydrogens is 266 g/mol. The normalized spacial score (nSPS) is 10.1. The summed E-state index contributed by atoms with van der Waals surface area (Å²) in [6.45, 7) is 2.86. The molecule has 0 aliphatic heterocycles. The molecule has 0 saturated carbocycles. The molecule has 0 atom stereocenters. The Kier molecular flexibility index (Phi) is 4.72. The predicted octanol–water partition coefficient (Wildman–Crippen LogP) is 3.05. The molecule has 4 nitrogen and oxygen atoms in total. The van der Waals surface area contributed by atoms with E-state index in [1.54, 1.807) is 23.1 Å². The highest BCUT2D eigenvalue weighted by molar-refractivity contribution is 6.04. The Morgan fingerprint density at radius 2 is 1.52 bits per heavy atom. The molecule has 2 rings (SSSR count). The smallest absolute Gasteiger partial charge is 0.336 e. The zero-order valence-electron chi connectivity index (χ0n) is 11.8. The number of carboxylic acid groups (broad SMARTS) is 1. The Bertz CT molecular complexity index is 637. The molecule has 0 heterocycles. The summed E-state index contributed by atoms with van der Waals surface area (Å²) in [5.74, 6) is -1.35. The highest BCUT2D eigenvalue weighted by Gasteiger charge is 2.20. The molecule has 1 amide bonds. The van der Waals surface area contributed by atoms with Crippen molar-refractivity contribution in [1.82, 2.24) is 4.90 Å². The van der Waals surface area contributed by atoms with Crippen LogP contribution in [-0.2, 0) is 6.54 Å². The number of rotatable bonds is 5. The van der Waals surface area contributed by atoms with Gasteiger partial charge >= 0.3 is 5.97 Å². The first-order valence-corrected chi connectivity index (χ1v) is 6.79. The quantitative estimate of drug-likeness (QED) is 0.917. The fourth-order valence-electron chi connectivity index (χ4n) is 2.16. The van der Waals surface area contributed by atoms with Crippen molar-refractivity contribution in [2.24, 2.45) is 0 Å².